The number of para-hydroxylation sites is 1. The molecule has 126 valence electrons. The van der Waals surface area contributed by atoms with Gasteiger partial charge in [0.2, 0.25) is 0 Å². The van der Waals surface area contributed by atoms with Crippen molar-refractivity contribution in [3.63, 3.8) is 0 Å². The van der Waals surface area contributed by atoms with Crippen molar-refractivity contribution in [3.8, 4) is 11.5 Å². The number of hydrogen-bond donors (Lipinski definition) is 3. The number of carbonyl (C=O) groups is 1. The second kappa shape index (κ2) is 7.25. The van der Waals surface area contributed by atoms with Gasteiger partial charge in [0.05, 0.1) is 0 Å². The van der Waals surface area contributed by atoms with Gasteiger partial charge in [0, 0.05) is 11.8 Å². The molecule has 3 rings (SSSR count). The molecule has 0 bridgehead atoms. The summed E-state index contributed by atoms with van der Waals surface area (Å²) in [6.45, 7) is 0. The highest BCUT2D eigenvalue weighted by molar-refractivity contribution is 5.84. The first kappa shape index (κ1) is 16.2. The molecule has 0 saturated heterocycles. The molecule has 24 heavy (non-hydrogen) atoms. The van der Waals surface area contributed by atoms with E-state index in [0.717, 1.165) is 31.2 Å². The first-order valence-corrected chi connectivity index (χ1v) is 8.16. The molecule has 0 aliphatic heterocycles. The molecule has 1 amide bonds. The van der Waals surface area contributed by atoms with Crippen LogP contribution in [0.3, 0.4) is 0 Å². The molecule has 5 heteroatoms. The summed E-state index contributed by atoms with van der Waals surface area (Å²) in [6, 6.07) is 13.9. The molecule has 0 spiro atoms. The van der Waals surface area contributed by atoms with Crippen molar-refractivity contribution in [2.75, 3.05) is 5.32 Å². The second-order valence-electron chi connectivity index (χ2n) is 6.11. The van der Waals surface area contributed by atoms with Gasteiger partial charge in [0.15, 0.2) is 0 Å². The molecule has 2 aromatic carbocycles. The van der Waals surface area contributed by atoms with Crippen molar-refractivity contribution in [3.05, 3.63) is 54.1 Å². The Balaban J connectivity index is 1.51. The molecule has 0 aromatic heterocycles. The highest BCUT2D eigenvalue weighted by Crippen LogP contribution is 2.39. The number of ether oxygens (including phenoxy) is 1. The number of aromatic hydroxyl groups is 2. The highest BCUT2D eigenvalue weighted by Gasteiger charge is 2.26. The molecular weight excluding hydrogens is 306 g/mol. The minimum Gasteiger partial charge on any atom is -0.508 e. The molecule has 1 aliphatic carbocycles. The van der Waals surface area contributed by atoms with Crippen molar-refractivity contribution in [2.24, 2.45) is 0 Å². The Morgan fingerprint density at radius 3 is 2.38 bits per heavy atom. The molecular formula is C19H21NO4. The zero-order valence-electron chi connectivity index (χ0n) is 13.3. The van der Waals surface area contributed by atoms with Gasteiger partial charge in [-0.2, -0.15) is 0 Å². The third-order valence-corrected chi connectivity index (χ3v) is 4.42. The fraction of sp³-hybridized carbons (Fsp3) is 0.316. The molecule has 1 aliphatic rings. The van der Waals surface area contributed by atoms with Crippen LogP contribution < -0.4 is 5.32 Å². The fourth-order valence-electron chi connectivity index (χ4n) is 3.19. The summed E-state index contributed by atoms with van der Waals surface area (Å²) in [4.78, 5) is 11.9. The van der Waals surface area contributed by atoms with E-state index in [9.17, 15) is 15.0 Å². The molecule has 0 atom stereocenters. The third-order valence-electron chi connectivity index (χ3n) is 4.42. The lowest BCUT2D eigenvalue weighted by atomic mass is 9.82. The maximum Gasteiger partial charge on any atom is 0.411 e. The van der Waals surface area contributed by atoms with E-state index in [1.807, 2.05) is 30.3 Å². The Kier molecular flexibility index (Phi) is 4.89. The van der Waals surface area contributed by atoms with Gasteiger partial charge in [-0.3, -0.25) is 5.32 Å². The van der Waals surface area contributed by atoms with Crippen LogP contribution in [0.1, 0.15) is 37.2 Å². The van der Waals surface area contributed by atoms with Crippen LogP contribution in [-0.4, -0.2) is 22.4 Å². The summed E-state index contributed by atoms with van der Waals surface area (Å²) >= 11 is 0. The number of rotatable bonds is 3. The van der Waals surface area contributed by atoms with Crippen LogP contribution in [0, 0.1) is 0 Å². The smallest absolute Gasteiger partial charge is 0.411 e. The predicted octanol–water partition coefficient (Wildman–Crippen LogP) is 4.37. The summed E-state index contributed by atoms with van der Waals surface area (Å²) in [6.07, 6.45) is 2.64. The van der Waals surface area contributed by atoms with Gasteiger partial charge in [-0.1, -0.05) is 24.3 Å². The summed E-state index contributed by atoms with van der Waals surface area (Å²) in [5.74, 6) is 0.412. The van der Waals surface area contributed by atoms with Gasteiger partial charge in [0.25, 0.3) is 0 Å². The Morgan fingerprint density at radius 1 is 1.00 bits per heavy atom. The van der Waals surface area contributed by atoms with Crippen LogP contribution in [0.2, 0.25) is 0 Å². The van der Waals surface area contributed by atoms with Crippen molar-refractivity contribution in [1.29, 1.82) is 0 Å². The van der Waals surface area contributed by atoms with Crippen molar-refractivity contribution in [1.82, 2.24) is 0 Å². The molecule has 2 aromatic rings. The third kappa shape index (κ3) is 3.98. The van der Waals surface area contributed by atoms with Gasteiger partial charge in [-0.05, 0) is 55.4 Å². The van der Waals surface area contributed by atoms with E-state index < -0.39 is 6.09 Å². The Morgan fingerprint density at radius 2 is 1.71 bits per heavy atom. The van der Waals surface area contributed by atoms with E-state index >= 15 is 0 Å². The second-order valence-corrected chi connectivity index (χ2v) is 6.11. The van der Waals surface area contributed by atoms with E-state index in [4.69, 9.17) is 4.74 Å². The standard InChI is InChI=1S/C19H21NO4/c21-15-8-11-17(18(22)12-15)13-6-9-16(10-7-13)24-19(23)20-14-4-2-1-3-5-14/h1-5,8,11-13,16,21-22H,6-7,9-10H2,(H,20,23)/t13-,16-. The minimum absolute atomic E-state index is 0.0610. The quantitative estimate of drug-likeness (QED) is 0.782. The van der Waals surface area contributed by atoms with Crippen LogP contribution in [0.15, 0.2) is 48.5 Å². The molecule has 1 fully saturated rings. The molecule has 0 heterocycles. The van der Waals surface area contributed by atoms with Crippen LogP contribution >= 0.6 is 0 Å². The first-order chi connectivity index (χ1) is 11.6. The molecule has 1 saturated carbocycles. The number of phenols is 2. The first-order valence-electron chi connectivity index (χ1n) is 8.16. The molecule has 0 radical (unpaired) electrons. The zero-order valence-corrected chi connectivity index (χ0v) is 13.3. The van der Waals surface area contributed by atoms with Gasteiger partial charge < -0.3 is 14.9 Å². The Hall–Kier alpha value is -2.69. The largest absolute Gasteiger partial charge is 0.508 e. The van der Waals surface area contributed by atoms with Gasteiger partial charge in [-0.15, -0.1) is 0 Å². The maximum atomic E-state index is 11.9. The summed E-state index contributed by atoms with van der Waals surface area (Å²) < 4.78 is 5.48. The average molecular weight is 327 g/mol. The number of anilines is 1. The van der Waals surface area contributed by atoms with Gasteiger partial charge >= 0.3 is 6.09 Å². The monoisotopic (exact) mass is 327 g/mol. The number of nitrogens with one attached hydrogen (secondary N) is 1. The number of amides is 1. The zero-order chi connectivity index (χ0) is 16.9. The van der Waals surface area contributed by atoms with Crippen molar-refractivity contribution < 1.29 is 19.7 Å². The lowest BCUT2D eigenvalue weighted by Gasteiger charge is -2.29. The van der Waals surface area contributed by atoms with E-state index in [2.05, 4.69) is 5.32 Å². The summed E-state index contributed by atoms with van der Waals surface area (Å²) in [7, 11) is 0. The lowest BCUT2D eigenvalue weighted by Crippen LogP contribution is -2.26. The van der Waals surface area contributed by atoms with Crippen LogP contribution in [0.4, 0.5) is 10.5 Å². The summed E-state index contributed by atoms with van der Waals surface area (Å²) in [5.41, 5.74) is 1.56. The number of phenolic OH excluding ortho intramolecular Hbond substituents is 2. The van der Waals surface area contributed by atoms with Gasteiger partial charge in [0.1, 0.15) is 17.6 Å². The van der Waals surface area contributed by atoms with Crippen LogP contribution in [0.25, 0.3) is 0 Å². The number of hydrogen-bond acceptors (Lipinski definition) is 4. The predicted molar refractivity (Wildman–Crippen MR) is 91.3 cm³/mol. The highest BCUT2D eigenvalue weighted by atomic mass is 16.6. The Bertz CT molecular complexity index is 694. The topological polar surface area (TPSA) is 78.8 Å². The molecule has 5 nitrogen and oxygen atoms in total. The van der Waals surface area contributed by atoms with E-state index in [-0.39, 0.29) is 23.5 Å². The normalized spacial score (nSPS) is 20.3. The van der Waals surface area contributed by atoms with E-state index in [1.54, 1.807) is 12.1 Å². The van der Waals surface area contributed by atoms with Crippen molar-refractivity contribution in [2.45, 2.75) is 37.7 Å². The van der Waals surface area contributed by atoms with Crippen LogP contribution in [0.5, 0.6) is 11.5 Å². The van der Waals surface area contributed by atoms with Gasteiger partial charge in [-0.25, -0.2) is 4.79 Å². The minimum atomic E-state index is -0.433. The maximum absolute atomic E-state index is 11.9. The summed E-state index contributed by atoms with van der Waals surface area (Å²) in [5, 5.41) is 22.1. The molecule has 0 unspecified atom stereocenters. The Labute approximate surface area is 140 Å². The SMILES string of the molecule is O=C(Nc1ccccc1)O[C@H]1CC[C@H](c2ccc(O)cc2O)CC1. The number of carbonyl (C=O) groups excluding carboxylic acids is 1. The average Bonchev–Trinajstić information content (AvgIpc) is 2.57. The van der Waals surface area contributed by atoms with Crippen molar-refractivity contribution >= 4 is 11.8 Å². The van der Waals surface area contributed by atoms with E-state index in [1.165, 1.54) is 6.07 Å². The number of benzene rings is 2. The van der Waals surface area contributed by atoms with E-state index in [0.29, 0.717) is 5.69 Å². The fourth-order valence-corrected chi connectivity index (χ4v) is 3.19. The van der Waals surface area contributed by atoms with Crippen LogP contribution in [-0.2, 0) is 4.74 Å². The molecule has 3 N–H and O–H groups in total. The lowest BCUT2D eigenvalue weighted by molar-refractivity contribution is 0.0820.